The number of oxime groups is 1. The van der Waals surface area contributed by atoms with E-state index in [9.17, 15) is 0 Å². The van der Waals surface area contributed by atoms with E-state index >= 15 is 0 Å². The third-order valence-corrected chi connectivity index (χ3v) is 3.22. The lowest BCUT2D eigenvalue weighted by Gasteiger charge is -2.07. The van der Waals surface area contributed by atoms with Gasteiger partial charge in [0.1, 0.15) is 0 Å². The molecule has 92 valence electrons. The second-order valence-electron chi connectivity index (χ2n) is 3.62. The summed E-state index contributed by atoms with van der Waals surface area (Å²) in [7, 11) is 0. The van der Waals surface area contributed by atoms with E-state index in [0.29, 0.717) is 10.7 Å². The first-order valence-corrected chi connectivity index (χ1v) is 6.06. The Kier molecular flexibility index (Phi) is 3.78. The fraction of sp³-hybridized carbons (Fsp3) is 0.0833. The van der Waals surface area contributed by atoms with Gasteiger partial charge in [0.05, 0.1) is 0 Å². The quantitative estimate of drug-likeness (QED) is 0.290. The van der Waals surface area contributed by atoms with E-state index in [4.69, 9.17) is 10.9 Å². The third-order valence-electron chi connectivity index (χ3n) is 2.26. The highest BCUT2D eigenvalue weighted by Crippen LogP contribution is 2.28. The summed E-state index contributed by atoms with van der Waals surface area (Å²) in [6.45, 7) is 1.98. The minimum Gasteiger partial charge on any atom is -0.409 e. The van der Waals surface area contributed by atoms with Crippen LogP contribution in [-0.2, 0) is 0 Å². The summed E-state index contributed by atoms with van der Waals surface area (Å²) in [6.07, 6.45) is 3.35. The third kappa shape index (κ3) is 2.78. The van der Waals surface area contributed by atoms with Gasteiger partial charge in [-0.15, -0.1) is 0 Å². The highest BCUT2D eigenvalue weighted by Gasteiger charge is 2.10. The molecule has 18 heavy (non-hydrogen) atoms. The molecule has 6 heteroatoms. The zero-order chi connectivity index (χ0) is 13.0. The van der Waals surface area contributed by atoms with E-state index in [1.807, 2.05) is 25.1 Å². The number of aryl methyl sites for hydroxylation is 1. The van der Waals surface area contributed by atoms with Crippen molar-refractivity contribution >= 4 is 17.6 Å². The van der Waals surface area contributed by atoms with Crippen LogP contribution in [0.15, 0.2) is 51.9 Å². The van der Waals surface area contributed by atoms with Crippen LogP contribution in [0.4, 0.5) is 0 Å². The van der Waals surface area contributed by atoms with Gasteiger partial charge >= 0.3 is 0 Å². The SMILES string of the molecule is Cc1ccc(C(N)=NO)c(Sc2ncccn2)c1. The topological polar surface area (TPSA) is 84.4 Å². The molecule has 0 amide bonds. The maximum atomic E-state index is 8.77. The lowest BCUT2D eigenvalue weighted by Crippen LogP contribution is -2.14. The highest BCUT2D eigenvalue weighted by atomic mass is 32.2. The fourth-order valence-electron chi connectivity index (χ4n) is 1.42. The normalized spacial score (nSPS) is 11.5. The number of aromatic nitrogens is 2. The number of benzene rings is 1. The summed E-state index contributed by atoms with van der Waals surface area (Å²) in [6, 6.07) is 7.43. The highest BCUT2D eigenvalue weighted by molar-refractivity contribution is 7.99. The minimum atomic E-state index is 0.0773. The first kappa shape index (κ1) is 12.4. The molecule has 5 nitrogen and oxygen atoms in total. The number of amidine groups is 1. The Labute approximate surface area is 109 Å². The summed E-state index contributed by atoms with van der Waals surface area (Å²) in [5.74, 6) is 0.0773. The Bertz CT molecular complexity index is 572. The molecule has 0 unspecified atom stereocenters. The van der Waals surface area contributed by atoms with Gasteiger partial charge in [-0.3, -0.25) is 0 Å². The monoisotopic (exact) mass is 260 g/mol. The van der Waals surface area contributed by atoms with Crippen LogP contribution in [0, 0.1) is 6.92 Å². The van der Waals surface area contributed by atoms with Gasteiger partial charge < -0.3 is 10.9 Å². The molecule has 0 fully saturated rings. The second-order valence-corrected chi connectivity index (χ2v) is 4.63. The largest absolute Gasteiger partial charge is 0.409 e. The van der Waals surface area contributed by atoms with Crippen molar-refractivity contribution < 1.29 is 5.21 Å². The number of nitrogens with two attached hydrogens (primary N) is 1. The Hall–Kier alpha value is -2.08. The average Bonchev–Trinajstić information content (AvgIpc) is 2.39. The molecule has 0 aliphatic heterocycles. The van der Waals surface area contributed by atoms with Gasteiger partial charge in [-0.1, -0.05) is 11.2 Å². The average molecular weight is 260 g/mol. The zero-order valence-corrected chi connectivity index (χ0v) is 10.6. The van der Waals surface area contributed by atoms with E-state index in [1.165, 1.54) is 11.8 Å². The van der Waals surface area contributed by atoms with Gasteiger partial charge in [-0.05, 0) is 42.4 Å². The number of hydrogen-bond donors (Lipinski definition) is 2. The molecule has 0 aliphatic rings. The van der Waals surface area contributed by atoms with Gasteiger partial charge in [-0.25, -0.2) is 9.97 Å². The van der Waals surface area contributed by atoms with Crippen molar-refractivity contribution in [1.82, 2.24) is 9.97 Å². The van der Waals surface area contributed by atoms with Crippen LogP contribution in [-0.4, -0.2) is 21.0 Å². The molecule has 0 aliphatic carbocycles. The molecule has 0 bridgehead atoms. The molecule has 2 rings (SSSR count). The molecule has 0 atom stereocenters. The van der Waals surface area contributed by atoms with Crippen LogP contribution < -0.4 is 5.73 Å². The van der Waals surface area contributed by atoms with Crippen molar-refractivity contribution in [1.29, 1.82) is 0 Å². The van der Waals surface area contributed by atoms with E-state index in [1.54, 1.807) is 18.5 Å². The van der Waals surface area contributed by atoms with Crippen LogP contribution in [0.25, 0.3) is 0 Å². The first-order chi connectivity index (χ1) is 8.70. The standard InChI is InChI=1S/C12H12N4OS/c1-8-3-4-9(11(13)16-17)10(7-8)18-12-14-5-2-6-15-12/h2-7,17H,1H3,(H2,13,16). The maximum absolute atomic E-state index is 8.77. The van der Waals surface area contributed by atoms with E-state index in [2.05, 4.69) is 15.1 Å². The van der Waals surface area contributed by atoms with Crippen molar-refractivity contribution in [2.75, 3.05) is 0 Å². The molecule has 0 saturated heterocycles. The zero-order valence-electron chi connectivity index (χ0n) is 9.74. The van der Waals surface area contributed by atoms with Crippen molar-refractivity contribution in [2.24, 2.45) is 10.9 Å². The molecule has 0 spiro atoms. The first-order valence-electron chi connectivity index (χ1n) is 5.24. The van der Waals surface area contributed by atoms with E-state index < -0.39 is 0 Å². The predicted molar refractivity (Wildman–Crippen MR) is 69.8 cm³/mol. The lowest BCUT2D eigenvalue weighted by molar-refractivity contribution is 0.318. The minimum absolute atomic E-state index is 0.0773. The van der Waals surface area contributed by atoms with Gasteiger partial charge in [0.2, 0.25) is 0 Å². The summed E-state index contributed by atoms with van der Waals surface area (Å²) >= 11 is 1.38. The summed E-state index contributed by atoms with van der Waals surface area (Å²) in [4.78, 5) is 9.14. The van der Waals surface area contributed by atoms with Crippen molar-refractivity contribution in [2.45, 2.75) is 17.0 Å². The summed E-state index contributed by atoms with van der Waals surface area (Å²) in [5.41, 5.74) is 7.40. The van der Waals surface area contributed by atoms with E-state index in [-0.39, 0.29) is 5.84 Å². The number of hydrogen-bond acceptors (Lipinski definition) is 5. The molecular formula is C12H12N4OS. The predicted octanol–water partition coefficient (Wildman–Crippen LogP) is 2.03. The van der Waals surface area contributed by atoms with Gasteiger partial charge in [0.25, 0.3) is 0 Å². The Morgan fingerprint density at radius 3 is 2.72 bits per heavy atom. The molecule has 1 aromatic heterocycles. The lowest BCUT2D eigenvalue weighted by atomic mass is 10.1. The Morgan fingerprint density at radius 2 is 2.06 bits per heavy atom. The van der Waals surface area contributed by atoms with Crippen LogP contribution in [0.5, 0.6) is 0 Å². The Balaban J connectivity index is 2.40. The molecular weight excluding hydrogens is 248 g/mol. The number of nitrogens with zero attached hydrogens (tertiary/aromatic N) is 3. The van der Waals surface area contributed by atoms with Gasteiger partial charge in [0.15, 0.2) is 11.0 Å². The maximum Gasteiger partial charge on any atom is 0.192 e. The van der Waals surface area contributed by atoms with Crippen molar-refractivity contribution in [3.63, 3.8) is 0 Å². The molecule has 1 aromatic carbocycles. The van der Waals surface area contributed by atoms with Crippen molar-refractivity contribution in [3.05, 3.63) is 47.8 Å². The van der Waals surface area contributed by atoms with Crippen LogP contribution in [0.1, 0.15) is 11.1 Å². The Morgan fingerprint density at radius 1 is 1.33 bits per heavy atom. The number of rotatable bonds is 3. The second kappa shape index (κ2) is 5.50. The van der Waals surface area contributed by atoms with Crippen LogP contribution >= 0.6 is 11.8 Å². The smallest absolute Gasteiger partial charge is 0.192 e. The molecule has 0 radical (unpaired) electrons. The van der Waals surface area contributed by atoms with Crippen LogP contribution in [0.2, 0.25) is 0 Å². The molecule has 3 N–H and O–H groups in total. The van der Waals surface area contributed by atoms with Gasteiger partial charge in [-0.2, -0.15) is 0 Å². The summed E-state index contributed by atoms with van der Waals surface area (Å²) < 4.78 is 0. The van der Waals surface area contributed by atoms with Crippen LogP contribution in [0.3, 0.4) is 0 Å². The van der Waals surface area contributed by atoms with Crippen molar-refractivity contribution in [3.8, 4) is 0 Å². The fourth-order valence-corrected chi connectivity index (χ4v) is 2.37. The molecule has 2 aromatic rings. The van der Waals surface area contributed by atoms with E-state index in [0.717, 1.165) is 10.5 Å². The van der Waals surface area contributed by atoms with Gasteiger partial charge in [0, 0.05) is 22.9 Å². The molecule has 1 heterocycles. The summed E-state index contributed by atoms with van der Waals surface area (Å²) in [5, 5.41) is 12.4. The molecule has 0 saturated carbocycles.